The molecule has 3 atom stereocenters. The Morgan fingerprint density at radius 2 is 2.20 bits per heavy atom. The van der Waals surface area contributed by atoms with Crippen LogP contribution >= 0.6 is 11.8 Å². The first-order valence-electron chi connectivity index (χ1n) is 6.53. The average Bonchev–Trinajstić information content (AvgIpc) is 2.24. The van der Waals surface area contributed by atoms with Crippen LogP contribution in [0.1, 0.15) is 46.0 Å². The summed E-state index contributed by atoms with van der Waals surface area (Å²) in [6.07, 6.45) is 7.10. The van der Waals surface area contributed by atoms with E-state index in [0.717, 1.165) is 17.9 Å². The van der Waals surface area contributed by atoms with Gasteiger partial charge >= 0.3 is 0 Å². The molecule has 1 saturated carbocycles. The van der Waals surface area contributed by atoms with Crippen LogP contribution in [0.5, 0.6) is 0 Å². The molecule has 0 aromatic carbocycles. The summed E-state index contributed by atoms with van der Waals surface area (Å²) in [4.78, 5) is 0. The molecule has 1 aliphatic rings. The van der Waals surface area contributed by atoms with E-state index in [9.17, 15) is 0 Å². The molecule has 0 aromatic rings. The van der Waals surface area contributed by atoms with Gasteiger partial charge in [-0.2, -0.15) is 11.8 Å². The van der Waals surface area contributed by atoms with Gasteiger partial charge in [0.25, 0.3) is 0 Å². The van der Waals surface area contributed by atoms with Gasteiger partial charge in [0.1, 0.15) is 0 Å². The molecule has 1 N–H and O–H groups in total. The van der Waals surface area contributed by atoms with Crippen molar-refractivity contribution in [2.24, 2.45) is 11.8 Å². The Hall–Kier alpha value is 0.310. The maximum atomic E-state index is 3.53. The van der Waals surface area contributed by atoms with E-state index in [1.807, 2.05) is 0 Å². The van der Waals surface area contributed by atoms with Crippen molar-refractivity contribution in [3.63, 3.8) is 0 Å². The van der Waals surface area contributed by atoms with E-state index >= 15 is 0 Å². The highest BCUT2D eigenvalue weighted by Crippen LogP contribution is 2.31. The summed E-state index contributed by atoms with van der Waals surface area (Å²) < 4.78 is 0. The lowest BCUT2D eigenvalue weighted by molar-refractivity contribution is 0.240. The Bertz CT molecular complexity index is 161. The third kappa shape index (κ3) is 4.78. The zero-order chi connectivity index (χ0) is 11.1. The van der Waals surface area contributed by atoms with Crippen molar-refractivity contribution < 1.29 is 0 Å². The molecule has 0 bridgehead atoms. The fourth-order valence-electron chi connectivity index (χ4n) is 2.66. The summed E-state index contributed by atoms with van der Waals surface area (Å²) in [7, 11) is 2.14. The molecular weight excluding hydrogens is 202 g/mol. The van der Waals surface area contributed by atoms with E-state index in [1.54, 1.807) is 0 Å². The van der Waals surface area contributed by atoms with Gasteiger partial charge in [0.15, 0.2) is 0 Å². The molecule has 90 valence electrons. The third-order valence-corrected chi connectivity index (χ3v) is 4.85. The van der Waals surface area contributed by atoms with Crippen LogP contribution in [-0.4, -0.2) is 24.6 Å². The van der Waals surface area contributed by atoms with E-state index in [4.69, 9.17) is 0 Å². The first-order chi connectivity index (χ1) is 7.27. The minimum Gasteiger partial charge on any atom is -0.316 e. The van der Waals surface area contributed by atoms with Crippen molar-refractivity contribution in [3.8, 4) is 0 Å². The molecule has 2 heteroatoms. The monoisotopic (exact) mass is 229 g/mol. The molecule has 0 amide bonds. The number of nitrogens with one attached hydrogen (secondary N) is 1. The lowest BCUT2D eigenvalue weighted by atomic mass is 9.79. The predicted octanol–water partition coefficient (Wildman–Crippen LogP) is 3.54. The molecular formula is C13H27NS. The van der Waals surface area contributed by atoms with Crippen molar-refractivity contribution in [1.29, 1.82) is 0 Å². The second-order valence-electron chi connectivity index (χ2n) is 5.00. The molecule has 0 heterocycles. The Labute approximate surface area is 99.8 Å². The number of hydrogen-bond donors (Lipinski definition) is 1. The lowest BCUT2D eigenvalue weighted by Gasteiger charge is -2.33. The Morgan fingerprint density at radius 1 is 1.40 bits per heavy atom. The van der Waals surface area contributed by atoms with Crippen LogP contribution in [0.25, 0.3) is 0 Å². The van der Waals surface area contributed by atoms with Gasteiger partial charge in [0.05, 0.1) is 0 Å². The topological polar surface area (TPSA) is 12.0 Å². The van der Waals surface area contributed by atoms with Crippen LogP contribution < -0.4 is 5.32 Å². The fourth-order valence-corrected chi connectivity index (χ4v) is 3.80. The summed E-state index contributed by atoms with van der Waals surface area (Å²) in [6.45, 7) is 4.68. The maximum Gasteiger partial charge on any atom is 0.0183 e. The standard InChI is InChI=1S/C13H27NS/c1-4-8-15-10-13(14-3)12-7-5-6-11(2)9-12/h11-14H,4-10H2,1-3H3. The van der Waals surface area contributed by atoms with Gasteiger partial charge in [0.2, 0.25) is 0 Å². The molecule has 0 aromatic heterocycles. The quantitative estimate of drug-likeness (QED) is 0.699. The summed E-state index contributed by atoms with van der Waals surface area (Å²) >= 11 is 2.12. The highest BCUT2D eigenvalue weighted by atomic mass is 32.2. The van der Waals surface area contributed by atoms with E-state index < -0.39 is 0 Å². The van der Waals surface area contributed by atoms with Gasteiger partial charge in [0, 0.05) is 11.8 Å². The summed E-state index contributed by atoms with van der Waals surface area (Å²) in [5, 5.41) is 3.53. The smallest absolute Gasteiger partial charge is 0.0183 e. The lowest BCUT2D eigenvalue weighted by Crippen LogP contribution is -2.38. The van der Waals surface area contributed by atoms with Gasteiger partial charge in [-0.1, -0.05) is 26.7 Å². The highest BCUT2D eigenvalue weighted by molar-refractivity contribution is 7.99. The van der Waals surface area contributed by atoms with Gasteiger partial charge in [-0.15, -0.1) is 0 Å². The Kier molecular flexibility index (Phi) is 6.74. The van der Waals surface area contributed by atoms with Crippen LogP contribution in [0.3, 0.4) is 0 Å². The summed E-state index contributed by atoms with van der Waals surface area (Å²) in [5.74, 6) is 4.52. The van der Waals surface area contributed by atoms with Crippen molar-refractivity contribution in [2.45, 2.75) is 52.0 Å². The van der Waals surface area contributed by atoms with Gasteiger partial charge in [-0.05, 0) is 43.9 Å². The molecule has 0 aliphatic heterocycles. The minimum absolute atomic E-state index is 0.754. The van der Waals surface area contributed by atoms with E-state index in [-0.39, 0.29) is 0 Å². The Morgan fingerprint density at radius 3 is 2.80 bits per heavy atom. The molecule has 1 rings (SSSR count). The molecule has 0 spiro atoms. The molecule has 0 radical (unpaired) electrons. The second kappa shape index (κ2) is 7.56. The largest absolute Gasteiger partial charge is 0.316 e. The van der Waals surface area contributed by atoms with Crippen LogP contribution in [-0.2, 0) is 0 Å². The highest BCUT2D eigenvalue weighted by Gasteiger charge is 2.25. The normalized spacial score (nSPS) is 29.0. The van der Waals surface area contributed by atoms with E-state index in [0.29, 0.717) is 0 Å². The van der Waals surface area contributed by atoms with Crippen molar-refractivity contribution in [1.82, 2.24) is 5.32 Å². The molecule has 1 fully saturated rings. The van der Waals surface area contributed by atoms with E-state index in [2.05, 4.69) is 38.0 Å². The number of rotatable bonds is 6. The van der Waals surface area contributed by atoms with Gasteiger partial charge in [-0.25, -0.2) is 0 Å². The first-order valence-corrected chi connectivity index (χ1v) is 7.68. The zero-order valence-electron chi connectivity index (χ0n) is 10.6. The molecule has 15 heavy (non-hydrogen) atoms. The van der Waals surface area contributed by atoms with Crippen molar-refractivity contribution in [3.05, 3.63) is 0 Å². The minimum atomic E-state index is 0.754. The molecule has 1 nitrogen and oxygen atoms in total. The Balaban J connectivity index is 2.29. The molecule has 0 saturated heterocycles. The summed E-state index contributed by atoms with van der Waals surface area (Å²) in [6, 6.07) is 0.754. The summed E-state index contributed by atoms with van der Waals surface area (Å²) in [5.41, 5.74) is 0. The van der Waals surface area contributed by atoms with Gasteiger partial charge in [-0.3, -0.25) is 0 Å². The molecule has 3 unspecified atom stereocenters. The van der Waals surface area contributed by atoms with E-state index in [1.165, 1.54) is 43.6 Å². The van der Waals surface area contributed by atoms with Crippen molar-refractivity contribution in [2.75, 3.05) is 18.6 Å². The predicted molar refractivity (Wildman–Crippen MR) is 71.6 cm³/mol. The maximum absolute atomic E-state index is 3.53. The SMILES string of the molecule is CCCSCC(NC)C1CCCC(C)C1. The first kappa shape index (κ1) is 13.4. The molecule has 1 aliphatic carbocycles. The fraction of sp³-hybridized carbons (Fsp3) is 1.00. The zero-order valence-corrected chi connectivity index (χ0v) is 11.4. The second-order valence-corrected chi connectivity index (χ2v) is 6.15. The van der Waals surface area contributed by atoms with Crippen LogP contribution in [0.15, 0.2) is 0 Å². The van der Waals surface area contributed by atoms with Crippen LogP contribution in [0, 0.1) is 11.8 Å². The average molecular weight is 229 g/mol. The number of thioether (sulfide) groups is 1. The van der Waals surface area contributed by atoms with Crippen LogP contribution in [0.2, 0.25) is 0 Å². The number of hydrogen-bond acceptors (Lipinski definition) is 2. The van der Waals surface area contributed by atoms with Crippen LogP contribution in [0.4, 0.5) is 0 Å². The van der Waals surface area contributed by atoms with Crippen molar-refractivity contribution >= 4 is 11.8 Å². The third-order valence-electron chi connectivity index (χ3n) is 3.56. The van der Waals surface area contributed by atoms with Gasteiger partial charge < -0.3 is 5.32 Å².